The molecule has 36 heavy (non-hydrogen) atoms. The first-order valence-electron chi connectivity index (χ1n) is 10.1. The van der Waals surface area contributed by atoms with Crippen LogP contribution in [0.15, 0.2) is 24.5 Å². The van der Waals surface area contributed by atoms with Crippen LogP contribution in [0.3, 0.4) is 0 Å². The van der Waals surface area contributed by atoms with Gasteiger partial charge in [0.15, 0.2) is 23.9 Å². The van der Waals surface area contributed by atoms with Gasteiger partial charge >= 0.3 is 11.9 Å². The zero-order chi connectivity index (χ0) is 26.4. The summed E-state index contributed by atoms with van der Waals surface area (Å²) in [5, 5.41) is 29.5. The molecule has 0 radical (unpaired) electrons. The number of nitrogen functional groups attached to an aromatic ring is 1. The predicted octanol–water partition coefficient (Wildman–Crippen LogP) is 1.62. The highest BCUT2D eigenvalue weighted by Crippen LogP contribution is 2.35. The van der Waals surface area contributed by atoms with Gasteiger partial charge in [-0.15, -0.1) is 0 Å². The fraction of sp³-hybridized carbons (Fsp3) is 0.350. The molecule has 0 saturated carbocycles. The molecule has 16 heteroatoms. The summed E-state index contributed by atoms with van der Waals surface area (Å²) < 4.78 is 41.1. The minimum Gasteiger partial charge on any atom is -0.479 e. The van der Waals surface area contributed by atoms with Gasteiger partial charge in [0.1, 0.15) is 23.5 Å². The standard InChI is InChI=1S/C20H17Cl2F2N5O7/c21-8-2-1-7(9(23)3-8)4-20(17(31)32,18(33)34)35-5-10-13(30)11(24)16(36-10)29-6-26-12-14(25)27-19(22)28-15(12)29/h1-3,6,10-11,13,16,30H,4-5H2,(H,31,32)(H,33,34)(H2,25,27,28)/t10-,11+,13-,16-/m1/s1. The Morgan fingerprint density at radius 1 is 1.25 bits per heavy atom. The summed E-state index contributed by atoms with van der Waals surface area (Å²) in [5.41, 5.74) is 2.52. The number of carboxylic acid groups (broad SMARTS) is 2. The van der Waals surface area contributed by atoms with E-state index in [4.69, 9.17) is 38.4 Å². The van der Waals surface area contributed by atoms with Gasteiger partial charge in [-0.05, 0) is 29.3 Å². The number of imidazole rings is 1. The fourth-order valence-corrected chi connectivity index (χ4v) is 4.07. The number of hydrogen-bond donors (Lipinski definition) is 4. The van der Waals surface area contributed by atoms with Crippen LogP contribution in [0.4, 0.5) is 14.6 Å². The highest BCUT2D eigenvalue weighted by Gasteiger charge is 2.52. The Balaban J connectivity index is 1.58. The summed E-state index contributed by atoms with van der Waals surface area (Å²) in [5.74, 6) is -4.94. The molecule has 4 rings (SSSR count). The van der Waals surface area contributed by atoms with E-state index in [0.29, 0.717) is 0 Å². The number of carboxylic acids is 2. The number of nitrogens with zero attached hydrogens (tertiary/aromatic N) is 4. The van der Waals surface area contributed by atoms with Crippen LogP contribution in [0, 0.1) is 5.82 Å². The lowest BCUT2D eigenvalue weighted by Gasteiger charge is -2.27. The summed E-state index contributed by atoms with van der Waals surface area (Å²) in [6.45, 7) is -0.879. The number of aliphatic hydroxyl groups is 1. The van der Waals surface area contributed by atoms with Crippen LogP contribution in [0.2, 0.25) is 10.3 Å². The lowest BCUT2D eigenvalue weighted by atomic mass is 9.93. The zero-order valence-electron chi connectivity index (χ0n) is 17.9. The van der Waals surface area contributed by atoms with Gasteiger partial charge in [-0.3, -0.25) is 4.57 Å². The third-order valence-electron chi connectivity index (χ3n) is 5.63. The summed E-state index contributed by atoms with van der Waals surface area (Å²) in [4.78, 5) is 35.6. The van der Waals surface area contributed by atoms with E-state index < -0.39 is 61.0 Å². The van der Waals surface area contributed by atoms with Crippen molar-refractivity contribution in [1.82, 2.24) is 19.5 Å². The van der Waals surface area contributed by atoms with Crippen LogP contribution in [0.25, 0.3) is 11.2 Å². The molecule has 1 aliphatic rings. The molecule has 1 aliphatic heterocycles. The smallest absolute Gasteiger partial charge is 0.348 e. The Morgan fingerprint density at radius 3 is 2.58 bits per heavy atom. The van der Waals surface area contributed by atoms with Crippen molar-refractivity contribution in [3.8, 4) is 0 Å². The molecule has 0 unspecified atom stereocenters. The maximum Gasteiger partial charge on any atom is 0.348 e. The molecule has 0 bridgehead atoms. The van der Waals surface area contributed by atoms with Crippen molar-refractivity contribution < 1.29 is 43.2 Å². The highest BCUT2D eigenvalue weighted by molar-refractivity contribution is 6.30. The maximum absolute atomic E-state index is 15.0. The van der Waals surface area contributed by atoms with Gasteiger partial charge < -0.3 is 30.5 Å². The molecule has 2 aromatic heterocycles. The Bertz CT molecular complexity index is 1330. The van der Waals surface area contributed by atoms with Gasteiger partial charge in [-0.1, -0.05) is 17.7 Å². The van der Waals surface area contributed by atoms with Crippen LogP contribution < -0.4 is 5.73 Å². The number of ether oxygens (including phenoxy) is 2. The lowest BCUT2D eigenvalue weighted by Crippen LogP contribution is -2.53. The maximum atomic E-state index is 15.0. The molecule has 1 fully saturated rings. The Labute approximate surface area is 210 Å². The van der Waals surface area contributed by atoms with Crippen molar-refractivity contribution in [1.29, 1.82) is 0 Å². The number of halogens is 4. The number of fused-ring (bicyclic) bond motifs is 1. The lowest BCUT2D eigenvalue weighted by molar-refractivity contribution is -0.190. The van der Waals surface area contributed by atoms with Crippen LogP contribution in [-0.2, 0) is 25.5 Å². The Hall–Kier alpha value is -3.17. The summed E-state index contributed by atoms with van der Waals surface area (Å²) in [7, 11) is 0. The van der Waals surface area contributed by atoms with Crippen molar-refractivity contribution in [2.24, 2.45) is 0 Å². The van der Waals surface area contributed by atoms with Gasteiger partial charge in [-0.2, -0.15) is 9.97 Å². The molecule has 4 atom stereocenters. The van der Waals surface area contributed by atoms with Crippen molar-refractivity contribution in [3.63, 3.8) is 0 Å². The van der Waals surface area contributed by atoms with E-state index in [2.05, 4.69) is 15.0 Å². The van der Waals surface area contributed by atoms with Crippen LogP contribution >= 0.6 is 23.2 Å². The van der Waals surface area contributed by atoms with Gasteiger partial charge in [0.05, 0.1) is 12.9 Å². The number of aromatic nitrogens is 4. The highest BCUT2D eigenvalue weighted by atomic mass is 35.5. The molecule has 0 spiro atoms. The zero-order valence-corrected chi connectivity index (χ0v) is 19.4. The Kier molecular flexibility index (Phi) is 6.99. The van der Waals surface area contributed by atoms with Crippen LogP contribution in [0.1, 0.15) is 11.8 Å². The topological polar surface area (TPSA) is 183 Å². The molecular weight excluding hydrogens is 531 g/mol. The molecule has 1 aromatic carbocycles. The van der Waals surface area contributed by atoms with E-state index in [0.717, 1.165) is 23.0 Å². The first-order valence-corrected chi connectivity index (χ1v) is 10.9. The van der Waals surface area contributed by atoms with E-state index in [1.54, 1.807) is 0 Å². The van der Waals surface area contributed by atoms with Gasteiger partial charge in [0, 0.05) is 11.4 Å². The molecule has 12 nitrogen and oxygen atoms in total. The molecule has 3 heterocycles. The first-order chi connectivity index (χ1) is 16.9. The second-order valence-electron chi connectivity index (χ2n) is 7.86. The quantitative estimate of drug-likeness (QED) is 0.237. The Morgan fingerprint density at radius 2 is 1.94 bits per heavy atom. The second-order valence-corrected chi connectivity index (χ2v) is 8.64. The van der Waals surface area contributed by atoms with Crippen LogP contribution in [0.5, 0.6) is 0 Å². The average Bonchev–Trinajstić information content (AvgIpc) is 3.33. The third kappa shape index (κ3) is 4.53. The molecular formula is C20H17Cl2F2N5O7. The number of alkyl halides is 1. The number of anilines is 1. The van der Waals surface area contributed by atoms with Crippen LogP contribution in [-0.4, -0.2) is 77.4 Å². The normalized spacial score (nSPS) is 22.2. The first kappa shape index (κ1) is 25.9. The molecule has 3 aromatic rings. The SMILES string of the molecule is Nc1nc(Cl)nc2c1ncn2[C@@H]1O[C@H](COC(Cc2ccc(Cl)cc2F)(C(=O)O)C(=O)O)[C@@H](O)[C@@H]1F. The largest absolute Gasteiger partial charge is 0.479 e. The van der Waals surface area contributed by atoms with Gasteiger partial charge in [-0.25, -0.2) is 23.4 Å². The van der Waals surface area contributed by atoms with Crippen molar-refractivity contribution in [2.45, 2.75) is 36.6 Å². The number of aliphatic carboxylic acids is 2. The fourth-order valence-electron chi connectivity index (χ4n) is 3.74. The van der Waals surface area contributed by atoms with E-state index >= 15 is 4.39 Å². The van der Waals surface area contributed by atoms with Gasteiger partial charge in [0.25, 0.3) is 5.60 Å². The number of aliphatic hydroxyl groups excluding tert-OH is 1. The summed E-state index contributed by atoms with van der Waals surface area (Å²) >= 11 is 11.5. The molecule has 1 saturated heterocycles. The van der Waals surface area contributed by atoms with E-state index in [1.807, 2.05) is 0 Å². The van der Waals surface area contributed by atoms with Gasteiger partial charge in [0.2, 0.25) is 5.28 Å². The van der Waals surface area contributed by atoms with Crippen molar-refractivity contribution in [2.75, 3.05) is 12.3 Å². The minimum absolute atomic E-state index is 0.00227. The summed E-state index contributed by atoms with van der Waals surface area (Å²) in [6, 6.07) is 3.24. The van der Waals surface area contributed by atoms with E-state index in [9.17, 15) is 29.3 Å². The minimum atomic E-state index is -2.99. The number of rotatable bonds is 8. The number of carbonyl (C=O) groups is 2. The summed E-state index contributed by atoms with van der Waals surface area (Å²) in [6.07, 6.45) is -6.82. The third-order valence-corrected chi connectivity index (χ3v) is 6.03. The van der Waals surface area contributed by atoms with E-state index in [1.165, 1.54) is 6.07 Å². The van der Waals surface area contributed by atoms with Crippen molar-refractivity contribution in [3.05, 3.63) is 46.2 Å². The molecule has 5 N–H and O–H groups in total. The number of hydrogen-bond acceptors (Lipinski definition) is 9. The van der Waals surface area contributed by atoms with E-state index in [-0.39, 0.29) is 32.9 Å². The molecule has 0 aliphatic carbocycles. The molecule has 192 valence electrons. The number of nitrogens with two attached hydrogens (primary N) is 1. The van der Waals surface area contributed by atoms with Crippen molar-refractivity contribution >= 4 is 52.1 Å². The monoisotopic (exact) mass is 547 g/mol. The average molecular weight is 548 g/mol. The predicted molar refractivity (Wildman–Crippen MR) is 119 cm³/mol. The second kappa shape index (κ2) is 9.71. The number of benzene rings is 1. The molecule has 0 amide bonds.